The minimum absolute atomic E-state index is 0. The first-order valence-corrected chi connectivity index (χ1v) is 12.3. The Balaban J connectivity index is -0.00000272. The number of phosphoric acid groups is 1. The maximum atomic E-state index is 11.6. The number of carbonyl (C=O) groups excluding carboxylic acids is 1. The van der Waals surface area contributed by atoms with E-state index >= 15 is 0 Å². The second-order valence-corrected chi connectivity index (χ2v) is 9.97. The van der Waals surface area contributed by atoms with Crippen LogP contribution in [0, 0.1) is 6.92 Å². The molecule has 0 saturated carbocycles. The number of aryl methyl sites for hydroxylation is 1. The number of aromatic hydroxyl groups is 1. The van der Waals surface area contributed by atoms with Crippen LogP contribution in [-0.4, -0.2) is 170 Å². The van der Waals surface area contributed by atoms with Crippen molar-refractivity contribution in [3.63, 3.8) is 0 Å². The van der Waals surface area contributed by atoms with Crippen molar-refractivity contribution < 1.29 is 54.7 Å². The Morgan fingerprint density at radius 2 is 1.58 bits per heavy atom. The van der Waals surface area contributed by atoms with E-state index in [4.69, 9.17) is 14.3 Å². The Morgan fingerprint density at radius 3 is 2.03 bits per heavy atom. The van der Waals surface area contributed by atoms with Crippen molar-refractivity contribution in [1.29, 1.82) is 0 Å². The molecule has 2 aromatic rings. The monoisotopic (exact) mass is 607 g/mol. The summed E-state index contributed by atoms with van der Waals surface area (Å²) in [6.07, 6.45) is 0.131. The van der Waals surface area contributed by atoms with Gasteiger partial charge < -0.3 is 14.9 Å². The number of azo groups is 1. The van der Waals surface area contributed by atoms with Crippen molar-refractivity contribution >= 4 is 164 Å². The van der Waals surface area contributed by atoms with Crippen molar-refractivity contribution in [2.24, 2.45) is 10.2 Å². The number of hydrogen-bond donors (Lipinski definition) is 5. The van der Waals surface area contributed by atoms with Crippen LogP contribution in [0.1, 0.15) is 21.6 Å². The summed E-state index contributed by atoms with van der Waals surface area (Å²) in [5, 5.41) is 17.1. The molecular weight excluding hydrogens is 589 g/mol. The molecule has 0 aliphatic carbocycles. The molecule has 182 valence electrons. The van der Waals surface area contributed by atoms with Crippen LogP contribution in [0.25, 0.3) is 0 Å². The molecule has 5 N–H and O–H groups in total. The molecule has 0 spiro atoms. The Hall–Kier alpha value is 1.37. The van der Waals surface area contributed by atoms with Crippen LogP contribution < -0.4 is 0 Å². The maximum absolute atomic E-state index is 11.6. The Morgan fingerprint density at radius 1 is 1.03 bits per heavy atom. The Bertz CT molecular complexity index is 1380. The molecular formula is C14H18N3Na4O12PS2. The number of phosphoric ester groups is 1. The van der Waals surface area contributed by atoms with Gasteiger partial charge in [0.1, 0.15) is 16.3 Å². The van der Waals surface area contributed by atoms with Gasteiger partial charge in [-0.3, -0.25) is 18.4 Å². The van der Waals surface area contributed by atoms with E-state index in [2.05, 4.69) is 19.7 Å². The summed E-state index contributed by atoms with van der Waals surface area (Å²) in [6.45, 7) is 0.292. The molecule has 0 atom stereocenters. The zero-order valence-electron chi connectivity index (χ0n) is 15.7. The summed E-state index contributed by atoms with van der Waals surface area (Å²) in [5.41, 5.74) is -1.69. The van der Waals surface area contributed by atoms with E-state index < -0.39 is 72.8 Å². The van der Waals surface area contributed by atoms with E-state index in [9.17, 15) is 35.9 Å². The van der Waals surface area contributed by atoms with Crippen LogP contribution in [-0.2, 0) is 35.9 Å². The number of pyridine rings is 1. The molecule has 0 amide bonds. The zero-order valence-corrected chi connectivity index (χ0v) is 18.2. The normalized spacial score (nSPS) is 11.5. The number of aldehydes is 1. The third-order valence-corrected chi connectivity index (χ3v) is 5.92. The topological polar surface area (TPSA) is 250 Å². The predicted octanol–water partition coefficient (Wildman–Crippen LogP) is -1.17. The zero-order chi connectivity index (χ0) is 24.5. The quantitative estimate of drug-likeness (QED) is 0.0781. The molecule has 36 heavy (non-hydrogen) atoms. The van der Waals surface area contributed by atoms with Crippen LogP contribution in [0.2, 0.25) is 0 Å². The third-order valence-electron chi connectivity index (χ3n) is 3.72. The average Bonchev–Trinajstić information content (AvgIpc) is 2.65. The Kier molecular flexibility index (Phi) is 19.3. The number of rotatable bonds is 8. The van der Waals surface area contributed by atoms with Gasteiger partial charge >= 0.3 is 126 Å². The first-order valence-electron chi connectivity index (χ1n) is 7.93. The summed E-state index contributed by atoms with van der Waals surface area (Å²) in [4.78, 5) is 31.0. The fourth-order valence-corrected chi connectivity index (χ4v) is 3.81. The van der Waals surface area contributed by atoms with Crippen molar-refractivity contribution in [2.45, 2.75) is 23.3 Å². The summed E-state index contributed by atoms with van der Waals surface area (Å²) in [6, 6.07) is 1.93. The third kappa shape index (κ3) is 11.9. The standard InChI is InChI=1S/C14H14N3O12PS2.4Na.4H/c1-7-13(19)9(5-18)10(6-29-30(20,21)22)14(15-7)17-16-11-3-2-8(31(23,24)25)4-12(11)32(26,27)28;;;;;;;;/h2-5,19H,6H2,1H3,(H2,20,21,22)(H,23,24,25)(H,26,27,28);;;;;;;;/b17-16+;;;;;;;;. The van der Waals surface area contributed by atoms with Gasteiger partial charge in [-0.05, 0) is 25.1 Å². The molecule has 0 saturated heterocycles. The van der Waals surface area contributed by atoms with Gasteiger partial charge in [0.2, 0.25) is 0 Å². The van der Waals surface area contributed by atoms with Gasteiger partial charge in [0.05, 0.1) is 22.8 Å². The Labute approximate surface area is 293 Å². The van der Waals surface area contributed by atoms with Crippen LogP contribution in [0.15, 0.2) is 38.2 Å². The second kappa shape index (κ2) is 16.6. The molecule has 15 nitrogen and oxygen atoms in total. The number of benzene rings is 1. The predicted molar refractivity (Wildman–Crippen MR) is 132 cm³/mol. The fraction of sp³-hybridized carbons (Fsp3) is 0.143. The summed E-state index contributed by atoms with van der Waals surface area (Å²) >= 11 is 0. The molecule has 0 bridgehead atoms. The molecule has 1 aromatic heterocycles. The summed E-state index contributed by atoms with van der Waals surface area (Å²) in [7, 11) is -14.9. The van der Waals surface area contributed by atoms with Gasteiger partial charge in [-0.1, -0.05) is 0 Å². The molecule has 1 heterocycles. The molecule has 22 heteroatoms. The van der Waals surface area contributed by atoms with Crippen LogP contribution in [0.5, 0.6) is 5.75 Å². The molecule has 2 rings (SSSR count). The van der Waals surface area contributed by atoms with E-state index in [0.717, 1.165) is 12.1 Å². The van der Waals surface area contributed by atoms with E-state index in [0.29, 0.717) is 6.07 Å². The van der Waals surface area contributed by atoms with Gasteiger partial charge in [0.25, 0.3) is 20.2 Å². The number of hydrogen-bond acceptors (Lipinski definition) is 11. The van der Waals surface area contributed by atoms with E-state index in [1.165, 1.54) is 6.92 Å². The summed E-state index contributed by atoms with van der Waals surface area (Å²) < 4.78 is 79.3. The molecule has 0 aliphatic rings. The molecule has 1 aromatic carbocycles. The average molecular weight is 607 g/mol. The van der Waals surface area contributed by atoms with E-state index in [1.54, 1.807) is 0 Å². The van der Waals surface area contributed by atoms with E-state index in [1.807, 2.05) is 0 Å². The number of carbonyl (C=O) groups is 1. The number of aromatic nitrogens is 1. The SMILES string of the molecule is Cc1nc(/N=N/c2ccc(S(=O)(=O)O)cc2S(=O)(=O)O)c(COP(=O)(O)O)c(C=O)c1O.[NaH].[NaH].[NaH].[NaH]. The first-order chi connectivity index (χ1) is 14.5. The molecule has 0 unspecified atom stereocenters. The van der Waals surface area contributed by atoms with Gasteiger partial charge in [-0.15, -0.1) is 10.2 Å². The molecule has 0 radical (unpaired) electrons. The van der Waals surface area contributed by atoms with Crippen LogP contribution in [0.4, 0.5) is 11.5 Å². The number of nitrogens with zero attached hydrogens (tertiary/aromatic N) is 3. The van der Waals surface area contributed by atoms with Gasteiger partial charge in [0, 0.05) is 5.56 Å². The van der Waals surface area contributed by atoms with Crippen molar-refractivity contribution in [3.8, 4) is 5.75 Å². The van der Waals surface area contributed by atoms with E-state index in [-0.39, 0.29) is 130 Å². The van der Waals surface area contributed by atoms with Crippen molar-refractivity contribution in [3.05, 3.63) is 35.0 Å². The van der Waals surface area contributed by atoms with Gasteiger partial charge in [-0.25, -0.2) is 9.55 Å². The second-order valence-electron chi connectivity index (χ2n) is 5.92. The van der Waals surface area contributed by atoms with Gasteiger partial charge in [0.15, 0.2) is 12.1 Å². The molecule has 0 fully saturated rings. The van der Waals surface area contributed by atoms with Crippen LogP contribution in [0.3, 0.4) is 0 Å². The van der Waals surface area contributed by atoms with Crippen LogP contribution >= 0.6 is 7.82 Å². The fourth-order valence-electron chi connectivity index (χ4n) is 2.28. The summed E-state index contributed by atoms with van der Waals surface area (Å²) in [5.74, 6) is -1.16. The van der Waals surface area contributed by atoms with Crippen molar-refractivity contribution in [1.82, 2.24) is 4.98 Å². The minimum atomic E-state index is -5.06. The van der Waals surface area contributed by atoms with Gasteiger partial charge in [-0.2, -0.15) is 16.8 Å². The molecule has 0 aliphatic heterocycles. The van der Waals surface area contributed by atoms with Crippen molar-refractivity contribution in [2.75, 3.05) is 0 Å². The first kappa shape index (κ1) is 41.8.